The van der Waals surface area contributed by atoms with Gasteiger partial charge in [0, 0.05) is 24.6 Å². The molecule has 0 radical (unpaired) electrons. The van der Waals surface area contributed by atoms with Crippen LogP contribution in [0.25, 0.3) is 0 Å². The first-order valence-corrected chi connectivity index (χ1v) is 6.62. The molecule has 0 fully saturated rings. The van der Waals surface area contributed by atoms with Crippen LogP contribution in [0.15, 0.2) is 0 Å². The van der Waals surface area contributed by atoms with E-state index < -0.39 is 0 Å². The fourth-order valence-electron chi connectivity index (χ4n) is 1.16. The molecule has 0 aliphatic carbocycles. The Morgan fingerprint density at radius 2 is 1.54 bits per heavy atom. The van der Waals surface area contributed by atoms with Gasteiger partial charge in [0.25, 0.3) is 0 Å². The van der Waals surface area contributed by atoms with Gasteiger partial charge in [0.05, 0.1) is 0 Å². The van der Waals surface area contributed by atoms with Gasteiger partial charge in [-0.05, 0) is 11.8 Å². The highest BCUT2D eigenvalue weighted by molar-refractivity contribution is 7.97. The lowest BCUT2D eigenvalue weighted by molar-refractivity contribution is 0.365. The molecule has 0 aromatic heterocycles. The summed E-state index contributed by atoms with van der Waals surface area (Å²) < 4.78 is 2.48. The van der Waals surface area contributed by atoms with Crippen LogP contribution in [0.5, 0.6) is 0 Å². The van der Waals surface area contributed by atoms with Crippen LogP contribution in [0.2, 0.25) is 0 Å². The van der Waals surface area contributed by atoms with Crippen molar-refractivity contribution in [3.05, 3.63) is 0 Å². The third-order valence-electron chi connectivity index (χ3n) is 1.50. The summed E-state index contributed by atoms with van der Waals surface area (Å²) in [6.07, 6.45) is 0. The Balaban J connectivity index is 3.73. The second-order valence-electron chi connectivity index (χ2n) is 4.19. The molecule has 1 nitrogen and oxygen atoms in total. The number of nitrogens with zero attached hydrogens (tertiary/aromatic N) is 1. The number of hydrogen-bond donors (Lipinski definition) is 1. The molecule has 0 bridgehead atoms. The van der Waals surface area contributed by atoms with E-state index in [4.69, 9.17) is 0 Å². The molecule has 0 rings (SSSR count). The van der Waals surface area contributed by atoms with Crippen molar-refractivity contribution in [1.29, 1.82) is 0 Å². The highest BCUT2D eigenvalue weighted by Crippen LogP contribution is 2.15. The second-order valence-corrected chi connectivity index (χ2v) is 5.82. The minimum atomic E-state index is 0.756. The van der Waals surface area contributed by atoms with Crippen molar-refractivity contribution in [2.24, 2.45) is 11.8 Å². The molecule has 0 N–H and O–H groups in total. The molecule has 80 valence electrons. The Bertz CT molecular complexity index is 105. The van der Waals surface area contributed by atoms with Gasteiger partial charge in [0.1, 0.15) is 0 Å². The standard InChI is InChI=1S/C10H23NS2/c1-9(2)7-11(8-10(3)4)13-6-5-12/h9-10,12H,5-8H2,1-4H3. The molecule has 0 heterocycles. The van der Waals surface area contributed by atoms with E-state index in [0.29, 0.717) is 0 Å². The lowest BCUT2D eigenvalue weighted by Gasteiger charge is -2.24. The zero-order chi connectivity index (χ0) is 10.3. The van der Waals surface area contributed by atoms with Crippen molar-refractivity contribution < 1.29 is 0 Å². The molecule has 0 saturated carbocycles. The van der Waals surface area contributed by atoms with E-state index in [-0.39, 0.29) is 0 Å². The SMILES string of the molecule is CC(C)CN(CC(C)C)SCCS. The van der Waals surface area contributed by atoms with Crippen LogP contribution in [0.4, 0.5) is 0 Å². The lowest BCUT2D eigenvalue weighted by atomic mass is 10.2. The van der Waals surface area contributed by atoms with Crippen molar-refractivity contribution in [3.63, 3.8) is 0 Å². The van der Waals surface area contributed by atoms with Crippen LogP contribution in [-0.4, -0.2) is 28.9 Å². The minimum Gasteiger partial charge on any atom is -0.250 e. The first-order chi connectivity index (χ1) is 6.06. The van der Waals surface area contributed by atoms with Gasteiger partial charge < -0.3 is 0 Å². The van der Waals surface area contributed by atoms with Crippen LogP contribution >= 0.6 is 24.6 Å². The first-order valence-electron chi connectivity index (χ1n) is 5.05. The maximum absolute atomic E-state index is 4.23. The second kappa shape index (κ2) is 8.01. The van der Waals surface area contributed by atoms with Crippen LogP contribution in [0.1, 0.15) is 27.7 Å². The van der Waals surface area contributed by atoms with Crippen LogP contribution in [-0.2, 0) is 0 Å². The molecule has 0 aliphatic rings. The van der Waals surface area contributed by atoms with Gasteiger partial charge in [0.15, 0.2) is 0 Å². The molecule has 0 atom stereocenters. The van der Waals surface area contributed by atoms with Crippen LogP contribution in [0.3, 0.4) is 0 Å². The minimum absolute atomic E-state index is 0.756. The number of rotatable bonds is 7. The number of thiol groups is 1. The van der Waals surface area contributed by atoms with Gasteiger partial charge in [0.2, 0.25) is 0 Å². The predicted octanol–water partition coefficient (Wildman–Crippen LogP) is 3.18. The summed E-state index contributed by atoms with van der Waals surface area (Å²) in [4.78, 5) is 0. The van der Waals surface area contributed by atoms with E-state index in [1.807, 2.05) is 11.9 Å². The molecule has 0 unspecified atom stereocenters. The zero-order valence-electron chi connectivity index (χ0n) is 9.29. The van der Waals surface area contributed by atoms with Crippen molar-refractivity contribution in [1.82, 2.24) is 4.31 Å². The summed E-state index contributed by atoms with van der Waals surface area (Å²) in [5.74, 6) is 3.61. The van der Waals surface area contributed by atoms with Gasteiger partial charge in [-0.1, -0.05) is 39.6 Å². The molecular weight excluding hydrogens is 198 g/mol. The van der Waals surface area contributed by atoms with Gasteiger partial charge >= 0.3 is 0 Å². The summed E-state index contributed by atoms with van der Waals surface area (Å²) >= 11 is 6.16. The Kier molecular flexibility index (Phi) is 8.42. The molecule has 0 spiro atoms. The third kappa shape index (κ3) is 8.98. The normalized spacial score (nSPS) is 12.0. The fraction of sp³-hybridized carbons (Fsp3) is 1.00. The molecule has 0 saturated heterocycles. The average molecular weight is 221 g/mol. The zero-order valence-corrected chi connectivity index (χ0v) is 11.0. The lowest BCUT2D eigenvalue weighted by Crippen LogP contribution is -2.25. The fourth-order valence-corrected chi connectivity index (χ4v) is 2.56. The Hall–Kier alpha value is 0.660. The molecule has 0 amide bonds. The van der Waals surface area contributed by atoms with Gasteiger partial charge in [-0.2, -0.15) is 12.6 Å². The highest BCUT2D eigenvalue weighted by Gasteiger charge is 2.08. The third-order valence-corrected chi connectivity index (χ3v) is 3.08. The van der Waals surface area contributed by atoms with Gasteiger partial charge in [-0.15, -0.1) is 0 Å². The average Bonchev–Trinajstić information content (AvgIpc) is 1.98. The van der Waals surface area contributed by atoms with Gasteiger partial charge in [-0.3, -0.25) is 4.31 Å². The number of hydrogen-bond acceptors (Lipinski definition) is 3. The largest absolute Gasteiger partial charge is 0.250 e. The summed E-state index contributed by atoms with van der Waals surface area (Å²) in [5, 5.41) is 0. The van der Waals surface area contributed by atoms with Crippen LogP contribution in [0, 0.1) is 11.8 Å². The molecule has 0 aromatic carbocycles. The summed E-state index contributed by atoms with van der Waals surface area (Å²) in [6, 6.07) is 0. The maximum Gasteiger partial charge on any atom is 0.0169 e. The van der Waals surface area contributed by atoms with Crippen molar-refractivity contribution in [2.45, 2.75) is 27.7 Å². The first kappa shape index (κ1) is 13.7. The Labute approximate surface area is 93.2 Å². The van der Waals surface area contributed by atoms with E-state index in [1.54, 1.807) is 0 Å². The summed E-state index contributed by atoms with van der Waals surface area (Å²) in [5.41, 5.74) is 0. The van der Waals surface area contributed by atoms with Crippen LogP contribution < -0.4 is 0 Å². The molecular formula is C10H23NS2. The quantitative estimate of drug-likeness (QED) is 0.519. The topological polar surface area (TPSA) is 3.24 Å². The van der Waals surface area contributed by atoms with E-state index in [2.05, 4.69) is 44.6 Å². The highest BCUT2D eigenvalue weighted by atomic mass is 32.2. The Morgan fingerprint density at radius 1 is 1.08 bits per heavy atom. The monoisotopic (exact) mass is 221 g/mol. The van der Waals surface area contributed by atoms with Gasteiger partial charge in [-0.25, -0.2) is 0 Å². The molecule has 3 heteroatoms. The summed E-state index contributed by atoms with van der Waals surface area (Å²) in [6.45, 7) is 11.5. The van der Waals surface area contributed by atoms with E-state index >= 15 is 0 Å². The smallest absolute Gasteiger partial charge is 0.0169 e. The van der Waals surface area contributed by atoms with E-state index in [9.17, 15) is 0 Å². The Morgan fingerprint density at radius 3 is 1.85 bits per heavy atom. The van der Waals surface area contributed by atoms with E-state index in [0.717, 1.165) is 23.3 Å². The molecule has 13 heavy (non-hydrogen) atoms. The van der Waals surface area contributed by atoms with Crippen molar-refractivity contribution in [2.75, 3.05) is 24.6 Å². The van der Waals surface area contributed by atoms with Crippen molar-refractivity contribution >= 4 is 24.6 Å². The van der Waals surface area contributed by atoms with Crippen molar-refractivity contribution in [3.8, 4) is 0 Å². The molecule has 0 aliphatic heterocycles. The maximum atomic E-state index is 4.23. The summed E-state index contributed by atoms with van der Waals surface area (Å²) in [7, 11) is 0. The molecule has 0 aromatic rings. The predicted molar refractivity (Wildman–Crippen MR) is 67.6 cm³/mol. The van der Waals surface area contributed by atoms with E-state index in [1.165, 1.54) is 13.1 Å².